The van der Waals surface area contributed by atoms with E-state index in [1.165, 1.54) is 0 Å². The molecule has 19 heavy (non-hydrogen) atoms. The smallest absolute Gasteiger partial charge is 0.241 e. The van der Waals surface area contributed by atoms with Crippen molar-refractivity contribution in [3.05, 3.63) is 29.8 Å². The Labute approximate surface area is 116 Å². The van der Waals surface area contributed by atoms with Crippen LogP contribution in [0.2, 0.25) is 0 Å². The molecule has 0 unspecified atom stereocenters. The van der Waals surface area contributed by atoms with Crippen LogP contribution in [0.25, 0.3) is 0 Å². The summed E-state index contributed by atoms with van der Waals surface area (Å²) in [6.45, 7) is 6.66. The number of hydrogen-bond donors (Lipinski definition) is 2. The van der Waals surface area contributed by atoms with E-state index in [0.29, 0.717) is 0 Å². The van der Waals surface area contributed by atoms with Gasteiger partial charge < -0.3 is 16.0 Å². The fourth-order valence-electron chi connectivity index (χ4n) is 1.72. The number of hydrogen-bond acceptors (Lipinski definition) is 3. The van der Waals surface area contributed by atoms with Gasteiger partial charge >= 0.3 is 0 Å². The maximum absolute atomic E-state index is 12.1. The molecule has 0 heterocycles. The molecule has 0 aliphatic carbocycles. The number of amides is 1. The minimum atomic E-state index is -0.528. The topological polar surface area (TPSA) is 58.4 Å². The van der Waals surface area contributed by atoms with Crippen LogP contribution in [0.3, 0.4) is 0 Å². The predicted molar refractivity (Wildman–Crippen MR) is 79.9 cm³/mol. The largest absolute Gasteiger partial charge is 0.324 e. The molecule has 0 aromatic heterocycles. The first kappa shape index (κ1) is 15.7. The van der Waals surface area contributed by atoms with Crippen LogP contribution in [0.1, 0.15) is 26.3 Å². The lowest BCUT2D eigenvalue weighted by molar-refractivity contribution is -0.119. The number of nitrogens with zero attached hydrogens (tertiary/aromatic N) is 1. The Balaban J connectivity index is 2.85. The van der Waals surface area contributed by atoms with Crippen LogP contribution in [0.15, 0.2) is 24.3 Å². The molecule has 3 N–H and O–H groups in total. The molecule has 0 radical (unpaired) electrons. The molecule has 1 amide bonds. The van der Waals surface area contributed by atoms with Crippen LogP contribution >= 0.6 is 0 Å². The van der Waals surface area contributed by atoms with Gasteiger partial charge in [-0.05, 0) is 31.1 Å². The second kappa shape index (κ2) is 6.17. The van der Waals surface area contributed by atoms with E-state index < -0.39 is 6.04 Å². The van der Waals surface area contributed by atoms with Gasteiger partial charge in [-0.2, -0.15) is 0 Å². The molecule has 0 bridgehead atoms. The second-order valence-electron chi connectivity index (χ2n) is 6.23. The summed E-state index contributed by atoms with van der Waals surface area (Å²) in [4.78, 5) is 14.2. The van der Waals surface area contributed by atoms with Crippen molar-refractivity contribution in [1.29, 1.82) is 0 Å². The number of rotatable bonds is 4. The predicted octanol–water partition coefficient (Wildman–Crippen LogP) is 2.06. The third-order valence-electron chi connectivity index (χ3n) is 2.98. The van der Waals surface area contributed by atoms with Crippen LogP contribution < -0.4 is 11.1 Å². The van der Waals surface area contributed by atoms with Gasteiger partial charge in [0.15, 0.2) is 0 Å². The van der Waals surface area contributed by atoms with Gasteiger partial charge in [-0.25, -0.2) is 0 Å². The molecule has 4 heteroatoms. The van der Waals surface area contributed by atoms with Crippen LogP contribution in [0.5, 0.6) is 0 Å². The number of carbonyl (C=O) groups is 1. The van der Waals surface area contributed by atoms with Crippen LogP contribution in [0, 0.1) is 5.41 Å². The molecule has 4 nitrogen and oxygen atoms in total. The summed E-state index contributed by atoms with van der Waals surface area (Å²) in [5.74, 6) is -0.140. The normalized spacial score (nSPS) is 13.4. The van der Waals surface area contributed by atoms with Crippen molar-refractivity contribution < 1.29 is 4.79 Å². The molecule has 0 saturated heterocycles. The Morgan fingerprint density at radius 1 is 1.32 bits per heavy atom. The van der Waals surface area contributed by atoms with E-state index in [2.05, 4.69) is 10.2 Å². The standard InChI is InChI=1S/C15H25N3O/c1-15(2,3)13(16)14(19)17-12-9-7-6-8-11(12)10-18(4)5/h6-9,13H,10,16H2,1-5H3,(H,17,19)/t13-/m0/s1. The van der Waals surface area contributed by atoms with E-state index >= 15 is 0 Å². The molecule has 0 aliphatic rings. The maximum atomic E-state index is 12.1. The Morgan fingerprint density at radius 2 is 1.89 bits per heavy atom. The van der Waals surface area contributed by atoms with Gasteiger partial charge in [0.25, 0.3) is 0 Å². The number of anilines is 1. The van der Waals surface area contributed by atoms with E-state index in [4.69, 9.17) is 5.73 Å². The third-order valence-corrected chi connectivity index (χ3v) is 2.98. The SMILES string of the molecule is CN(C)Cc1ccccc1NC(=O)[C@H](N)C(C)(C)C. The lowest BCUT2D eigenvalue weighted by Crippen LogP contribution is -2.45. The molecule has 1 aromatic rings. The van der Waals surface area contributed by atoms with Crippen molar-refractivity contribution in [2.45, 2.75) is 33.4 Å². The molecule has 0 spiro atoms. The first-order valence-corrected chi connectivity index (χ1v) is 6.51. The summed E-state index contributed by atoms with van der Waals surface area (Å²) < 4.78 is 0. The summed E-state index contributed by atoms with van der Waals surface area (Å²) in [6.07, 6.45) is 0. The first-order chi connectivity index (χ1) is 8.71. The fourth-order valence-corrected chi connectivity index (χ4v) is 1.72. The van der Waals surface area contributed by atoms with Crippen molar-refractivity contribution in [2.24, 2.45) is 11.1 Å². The number of nitrogens with two attached hydrogens (primary N) is 1. The second-order valence-corrected chi connectivity index (χ2v) is 6.23. The first-order valence-electron chi connectivity index (χ1n) is 6.51. The summed E-state index contributed by atoms with van der Waals surface area (Å²) in [7, 11) is 4.00. The minimum absolute atomic E-state index is 0.140. The molecule has 106 valence electrons. The molecule has 1 aromatic carbocycles. The lowest BCUT2D eigenvalue weighted by Gasteiger charge is -2.26. The third kappa shape index (κ3) is 4.65. The molecule has 0 aliphatic heterocycles. The maximum Gasteiger partial charge on any atom is 0.241 e. The molecular formula is C15H25N3O. The molecule has 0 fully saturated rings. The lowest BCUT2D eigenvalue weighted by atomic mass is 9.87. The zero-order chi connectivity index (χ0) is 14.6. The fraction of sp³-hybridized carbons (Fsp3) is 0.533. The molecule has 1 rings (SSSR count). The van der Waals surface area contributed by atoms with Crippen molar-refractivity contribution in [3.63, 3.8) is 0 Å². The van der Waals surface area contributed by atoms with Crippen molar-refractivity contribution in [2.75, 3.05) is 19.4 Å². The summed E-state index contributed by atoms with van der Waals surface area (Å²) >= 11 is 0. The minimum Gasteiger partial charge on any atom is -0.324 e. The Kier molecular flexibility index (Phi) is 5.09. The molecular weight excluding hydrogens is 238 g/mol. The quantitative estimate of drug-likeness (QED) is 0.874. The van der Waals surface area contributed by atoms with Gasteiger partial charge in [-0.3, -0.25) is 4.79 Å². The number of para-hydroxylation sites is 1. The summed E-state index contributed by atoms with van der Waals surface area (Å²) in [5, 5.41) is 2.93. The van der Waals surface area contributed by atoms with Gasteiger partial charge in [0.05, 0.1) is 6.04 Å². The number of nitrogens with one attached hydrogen (secondary N) is 1. The van der Waals surface area contributed by atoms with Gasteiger partial charge in [0.1, 0.15) is 0 Å². The Morgan fingerprint density at radius 3 is 2.42 bits per heavy atom. The van der Waals surface area contributed by atoms with E-state index in [0.717, 1.165) is 17.8 Å². The van der Waals surface area contributed by atoms with Crippen LogP contribution in [-0.2, 0) is 11.3 Å². The summed E-state index contributed by atoms with van der Waals surface area (Å²) in [5.41, 5.74) is 7.64. The van der Waals surface area contributed by atoms with Crippen LogP contribution in [-0.4, -0.2) is 30.9 Å². The Bertz CT molecular complexity index is 435. The average Bonchev–Trinajstić information content (AvgIpc) is 2.28. The number of benzene rings is 1. The van der Waals surface area contributed by atoms with Gasteiger partial charge in [0.2, 0.25) is 5.91 Å². The highest BCUT2D eigenvalue weighted by molar-refractivity contribution is 5.95. The summed E-state index contributed by atoms with van der Waals surface area (Å²) in [6, 6.07) is 7.28. The highest BCUT2D eigenvalue weighted by atomic mass is 16.2. The highest BCUT2D eigenvalue weighted by Crippen LogP contribution is 2.21. The highest BCUT2D eigenvalue weighted by Gasteiger charge is 2.27. The zero-order valence-electron chi connectivity index (χ0n) is 12.5. The van der Waals surface area contributed by atoms with E-state index in [1.54, 1.807) is 0 Å². The van der Waals surface area contributed by atoms with E-state index in [9.17, 15) is 4.79 Å². The van der Waals surface area contributed by atoms with Gasteiger partial charge in [0, 0.05) is 12.2 Å². The van der Waals surface area contributed by atoms with Gasteiger partial charge in [-0.15, -0.1) is 0 Å². The van der Waals surface area contributed by atoms with E-state index in [1.807, 2.05) is 59.1 Å². The zero-order valence-corrected chi connectivity index (χ0v) is 12.5. The average molecular weight is 263 g/mol. The van der Waals surface area contributed by atoms with Crippen molar-refractivity contribution in [3.8, 4) is 0 Å². The van der Waals surface area contributed by atoms with E-state index in [-0.39, 0.29) is 11.3 Å². The van der Waals surface area contributed by atoms with Crippen LogP contribution in [0.4, 0.5) is 5.69 Å². The number of carbonyl (C=O) groups excluding carboxylic acids is 1. The molecule has 1 atom stereocenters. The van der Waals surface area contributed by atoms with Gasteiger partial charge in [-0.1, -0.05) is 39.0 Å². The Hall–Kier alpha value is -1.39. The van der Waals surface area contributed by atoms with Crippen molar-refractivity contribution in [1.82, 2.24) is 4.90 Å². The monoisotopic (exact) mass is 263 g/mol. The molecule has 0 saturated carbocycles. The van der Waals surface area contributed by atoms with Crippen molar-refractivity contribution >= 4 is 11.6 Å².